The quantitative estimate of drug-likeness (QED) is 0.515. The van der Waals surface area contributed by atoms with Crippen LogP contribution in [-0.2, 0) is 4.74 Å². The third kappa shape index (κ3) is 4.53. The maximum absolute atomic E-state index is 12.3. The number of hydrogen-bond donors (Lipinski definition) is 1. The third-order valence-corrected chi connectivity index (χ3v) is 3.61. The molecule has 6 nitrogen and oxygen atoms in total. The number of rotatable bonds is 5. The van der Waals surface area contributed by atoms with E-state index in [1.165, 1.54) is 18.9 Å². The molecule has 1 amide bonds. The summed E-state index contributed by atoms with van der Waals surface area (Å²) in [6.45, 7) is 3.81. The highest BCUT2D eigenvalue weighted by Gasteiger charge is 2.12. The maximum Gasteiger partial charge on any atom is 0.337 e. The second kappa shape index (κ2) is 7.73. The van der Waals surface area contributed by atoms with Crippen LogP contribution >= 0.6 is 11.8 Å². The Labute approximate surface area is 138 Å². The van der Waals surface area contributed by atoms with Gasteiger partial charge < -0.3 is 10.1 Å². The Morgan fingerprint density at radius 2 is 2.04 bits per heavy atom. The minimum atomic E-state index is -0.458. The number of benzene rings is 1. The molecule has 0 radical (unpaired) electrons. The van der Waals surface area contributed by atoms with Crippen LogP contribution in [0, 0.1) is 6.92 Å². The average molecular weight is 331 g/mol. The second-order valence-electron chi connectivity index (χ2n) is 4.64. The topological polar surface area (TPSA) is 81.2 Å². The summed E-state index contributed by atoms with van der Waals surface area (Å²) in [6.07, 6.45) is 0. The van der Waals surface area contributed by atoms with Crippen LogP contribution in [0.3, 0.4) is 0 Å². The van der Waals surface area contributed by atoms with Crippen LogP contribution in [0.1, 0.15) is 33.5 Å². The van der Waals surface area contributed by atoms with Crippen molar-refractivity contribution in [1.29, 1.82) is 0 Å². The van der Waals surface area contributed by atoms with E-state index >= 15 is 0 Å². The summed E-state index contributed by atoms with van der Waals surface area (Å²) in [4.78, 5) is 32.4. The highest BCUT2D eigenvalue weighted by Crippen LogP contribution is 2.16. The summed E-state index contributed by atoms with van der Waals surface area (Å²) in [7, 11) is 1.31. The van der Waals surface area contributed by atoms with Gasteiger partial charge in [-0.05, 0) is 36.9 Å². The van der Waals surface area contributed by atoms with Gasteiger partial charge in [0.05, 0.1) is 12.7 Å². The minimum absolute atomic E-state index is 0.289. The number of ether oxygens (including phenoxy) is 1. The fourth-order valence-electron chi connectivity index (χ4n) is 1.89. The van der Waals surface area contributed by atoms with Gasteiger partial charge in [-0.2, -0.15) is 0 Å². The zero-order chi connectivity index (χ0) is 16.8. The van der Waals surface area contributed by atoms with E-state index in [4.69, 9.17) is 0 Å². The van der Waals surface area contributed by atoms with Crippen LogP contribution in [-0.4, -0.2) is 34.7 Å². The largest absolute Gasteiger partial charge is 0.465 e. The third-order valence-electron chi connectivity index (χ3n) is 2.88. The molecule has 0 aliphatic rings. The van der Waals surface area contributed by atoms with Gasteiger partial charge in [-0.1, -0.05) is 24.8 Å². The molecule has 0 unspecified atom stereocenters. The summed E-state index contributed by atoms with van der Waals surface area (Å²) in [5, 5.41) is 3.30. The molecule has 0 spiro atoms. The number of aryl methyl sites for hydroxylation is 1. The van der Waals surface area contributed by atoms with Crippen LogP contribution in [0.5, 0.6) is 0 Å². The monoisotopic (exact) mass is 331 g/mol. The Hall–Kier alpha value is -2.41. The molecule has 0 bridgehead atoms. The summed E-state index contributed by atoms with van der Waals surface area (Å²) in [6, 6.07) is 8.16. The molecule has 0 aliphatic heterocycles. The Kier molecular flexibility index (Phi) is 5.70. The number of nitrogens with zero attached hydrogens (tertiary/aromatic N) is 2. The van der Waals surface area contributed by atoms with E-state index in [1.807, 2.05) is 13.8 Å². The number of thioether (sulfide) groups is 1. The lowest BCUT2D eigenvalue weighted by Gasteiger charge is -2.08. The van der Waals surface area contributed by atoms with Crippen LogP contribution in [0.4, 0.5) is 5.69 Å². The van der Waals surface area contributed by atoms with Crippen molar-refractivity contribution in [3.63, 3.8) is 0 Å². The van der Waals surface area contributed by atoms with Gasteiger partial charge >= 0.3 is 5.97 Å². The zero-order valence-electron chi connectivity index (χ0n) is 13.1. The van der Waals surface area contributed by atoms with Crippen LogP contribution in [0.25, 0.3) is 0 Å². The van der Waals surface area contributed by atoms with E-state index in [0.29, 0.717) is 16.4 Å². The maximum atomic E-state index is 12.3. The lowest BCUT2D eigenvalue weighted by molar-refractivity contribution is 0.0600. The molecule has 1 N–H and O–H groups in total. The van der Waals surface area contributed by atoms with Gasteiger partial charge in [0.1, 0.15) is 5.69 Å². The standard InChI is InChI=1S/C16H17N3O3S/c1-4-23-16-17-10(2)8-13(19-16)14(20)18-12-7-5-6-11(9-12)15(21)22-3/h5-9H,4H2,1-3H3,(H,18,20). The fraction of sp³-hybridized carbons (Fsp3) is 0.250. The van der Waals surface area contributed by atoms with Crippen molar-refractivity contribution in [2.75, 3.05) is 18.2 Å². The summed E-state index contributed by atoms with van der Waals surface area (Å²) < 4.78 is 4.66. The predicted octanol–water partition coefficient (Wildman–Crippen LogP) is 2.94. The number of carbonyl (C=O) groups is 2. The number of methoxy groups -OCH3 is 1. The summed E-state index contributed by atoms with van der Waals surface area (Å²) in [5.41, 5.74) is 1.88. The number of hydrogen-bond acceptors (Lipinski definition) is 6. The van der Waals surface area contributed by atoms with Gasteiger partial charge in [0.15, 0.2) is 5.16 Å². The molecule has 0 atom stereocenters. The molecule has 120 valence electrons. The Balaban J connectivity index is 2.20. The molecule has 7 heteroatoms. The molecule has 23 heavy (non-hydrogen) atoms. The number of carbonyl (C=O) groups excluding carboxylic acids is 2. The number of nitrogens with one attached hydrogen (secondary N) is 1. The molecule has 0 aliphatic carbocycles. The van der Waals surface area contributed by atoms with Crippen molar-refractivity contribution in [3.05, 3.63) is 47.3 Å². The van der Waals surface area contributed by atoms with Crippen LogP contribution < -0.4 is 5.32 Å². The molecule has 0 fully saturated rings. The molecule has 2 aromatic rings. The highest BCUT2D eigenvalue weighted by atomic mass is 32.2. The number of amides is 1. The first-order valence-electron chi connectivity index (χ1n) is 7.01. The molecule has 1 heterocycles. The van der Waals surface area contributed by atoms with Crippen molar-refractivity contribution in [1.82, 2.24) is 9.97 Å². The Morgan fingerprint density at radius 1 is 1.26 bits per heavy atom. The summed E-state index contributed by atoms with van der Waals surface area (Å²) >= 11 is 1.47. The van der Waals surface area contributed by atoms with Gasteiger partial charge in [-0.15, -0.1) is 0 Å². The number of esters is 1. The lowest BCUT2D eigenvalue weighted by atomic mass is 10.2. The van der Waals surface area contributed by atoms with Gasteiger partial charge in [-0.25, -0.2) is 14.8 Å². The molecular formula is C16H17N3O3S. The van der Waals surface area contributed by atoms with E-state index in [-0.39, 0.29) is 11.6 Å². The molecular weight excluding hydrogens is 314 g/mol. The smallest absolute Gasteiger partial charge is 0.337 e. The van der Waals surface area contributed by atoms with E-state index in [0.717, 1.165) is 11.4 Å². The summed E-state index contributed by atoms with van der Waals surface area (Å²) in [5.74, 6) is 0.0159. The van der Waals surface area contributed by atoms with Crippen LogP contribution in [0.15, 0.2) is 35.5 Å². The first kappa shape index (κ1) is 17.0. The first-order chi connectivity index (χ1) is 11.0. The van der Waals surface area contributed by atoms with Crippen molar-refractivity contribution in [2.24, 2.45) is 0 Å². The van der Waals surface area contributed by atoms with Gasteiger partial charge in [0.2, 0.25) is 0 Å². The van der Waals surface area contributed by atoms with Crippen molar-refractivity contribution in [3.8, 4) is 0 Å². The predicted molar refractivity (Wildman–Crippen MR) is 88.9 cm³/mol. The SMILES string of the molecule is CCSc1nc(C)cc(C(=O)Nc2cccc(C(=O)OC)c2)n1. The molecule has 0 saturated heterocycles. The van der Waals surface area contributed by atoms with E-state index in [1.54, 1.807) is 30.3 Å². The molecule has 1 aromatic carbocycles. The van der Waals surface area contributed by atoms with E-state index in [2.05, 4.69) is 20.0 Å². The fourth-order valence-corrected chi connectivity index (χ4v) is 2.52. The first-order valence-corrected chi connectivity index (χ1v) is 8.00. The molecule has 1 aromatic heterocycles. The average Bonchev–Trinajstić information content (AvgIpc) is 2.54. The Morgan fingerprint density at radius 3 is 2.74 bits per heavy atom. The van der Waals surface area contributed by atoms with Gasteiger partial charge in [0, 0.05) is 11.4 Å². The van der Waals surface area contributed by atoms with Gasteiger partial charge in [0.25, 0.3) is 5.91 Å². The highest BCUT2D eigenvalue weighted by molar-refractivity contribution is 7.99. The number of anilines is 1. The van der Waals surface area contributed by atoms with E-state index in [9.17, 15) is 9.59 Å². The Bertz CT molecular complexity index is 734. The molecule has 2 rings (SSSR count). The normalized spacial score (nSPS) is 10.2. The molecule has 0 saturated carbocycles. The van der Waals surface area contributed by atoms with Crippen molar-refractivity contribution < 1.29 is 14.3 Å². The van der Waals surface area contributed by atoms with Crippen molar-refractivity contribution >= 4 is 29.3 Å². The second-order valence-corrected chi connectivity index (χ2v) is 5.87. The lowest BCUT2D eigenvalue weighted by Crippen LogP contribution is -2.15. The minimum Gasteiger partial charge on any atom is -0.465 e. The van der Waals surface area contributed by atoms with Crippen molar-refractivity contribution in [2.45, 2.75) is 19.0 Å². The van der Waals surface area contributed by atoms with Crippen LogP contribution in [0.2, 0.25) is 0 Å². The van der Waals surface area contributed by atoms with E-state index < -0.39 is 5.97 Å². The van der Waals surface area contributed by atoms with Gasteiger partial charge in [-0.3, -0.25) is 4.79 Å². The zero-order valence-corrected chi connectivity index (χ0v) is 13.9. The number of aromatic nitrogens is 2.